The number of halogens is 1. The molecule has 0 aliphatic heterocycles. The summed E-state index contributed by atoms with van der Waals surface area (Å²) in [6.07, 6.45) is 0. The van der Waals surface area contributed by atoms with Crippen molar-refractivity contribution in [1.82, 2.24) is 0 Å². The molecule has 0 aromatic rings. The lowest BCUT2D eigenvalue weighted by Gasteiger charge is -2.03. The monoisotopic (exact) mass is 131 g/mol. The summed E-state index contributed by atoms with van der Waals surface area (Å²) >= 11 is 0. The summed E-state index contributed by atoms with van der Waals surface area (Å²) in [7, 11) is -4.69. The normalized spacial score (nSPS) is 9.14. The maximum atomic E-state index is 8.60. The molecule has 0 saturated carbocycles. The van der Waals surface area contributed by atoms with E-state index < -0.39 is 10.2 Å². The summed E-state index contributed by atoms with van der Waals surface area (Å²) in [5.74, 6) is 0. The van der Waals surface area contributed by atoms with Crippen molar-refractivity contribution >= 4 is 0 Å². The van der Waals surface area contributed by atoms with Gasteiger partial charge in [0.05, 0.1) is 14.9 Å². The van der Waals surface area contributed by atoms with Crippen LogP contribution < -0.4 is 14.0 Å². The largest absolute Gasteiger partial charge is 0.183 e. The van der Waals surface area contributed by atoms with Crippen LogP contribution >= 0.6 is 0 Å². The molecule has 0 aromatic heterocycles. The molecule has 0 aliphatic carbocycles. The predicted octanol–water partition coefficient (Wildman–Crippen LogP) is -3.79. The fourth-order valence-corrected chi connectivity index (χ4v) is 0. The molecule has 0 radical (unpaired) electrons. The van der Waals surface area contributed by atoms with Gasteiger partial charge in [-0.2, -0.15) is 18.9 Å². The predicted molar refractivity (Wildman–Crippen MR) is 8.31 cm³/mol. The van der Waals surface area contributed by atoms with E-state index in [4.69, 9.17) is 23.5 Å². The molecule has 0 saturated heterocycles. The van der Waals surface area contributed by atoms with E-state index in [0.717, 1.165) is 0 Å². The summed E-state index contributed by atoms with van der Waals surface area (Å²) in [5, 5.41) is 0. The molecule has 0 aliphatic rings. The Morgan fingerprint density at radius 1 is 1.29 bits per heavy atom. The van der Waals surface area contributed by atoms with Crippen LogP contribution in [0.25, 0.3) is 0 Å². The highest BCUT2D eigenvalue weighted by Crippen LogP contribution is 1.60. The van der Waals surface area contributed by atoms with E-state index in [0.29, 0.717) is 0 Å². The summed E-state index contributed by atoms with van der Waals surface area (Å²) < 4.78 is 32.7. The molecular formula is H2ClNO5. The second-order valence-electron chi connectivity index (χ2n) is 0.396. The van der Waals surface area contributed by atoms with Crippen molar-refractivity contribution in [2.24, 2.45) is 0 Å². The molecule has 7 heteroatoms. The third kappa shape index (κ3) is 1090. The van der Waals surface area contributed by atoms with Crippen LogP contribution in [-0.4, -0.2) is 4.66 Å². The highest BCUT2D eigenvalue weighted by molar-refractivity contribution is 3.63. The zero-order valence-electron chi connectivity index (χ0n) is 2.96. The van der Waals surface area contributed by atoms with Crippen LogP contribution in [0.4, 0.5) is 0 Å². The van der Waals surface area contributed by atoms with E-state index >= 15 is 0 Å². The lowest BCUT2D eigenvalue weighted by molar-refractivity contribution is -1.92. The molecule has 0 bridgehead atoms. The van der Waals surface area contributed by atoms with Crippen molar-refractivity contribution in [3.63, 3.8) is 0 Å². The Kier molecular flexibility index (Phi) is 5.51. The number of nitroso groups, excluding NO2 is 1. The second kappa shape index (κ2) is 3.90. The summed E-state index contributed by atoms with van der Waals surface area (Å²) in [6, 6.07) is 0. The van der Waals surface area contributed by atoms with Crippen molar-refractivity contribution < 1.29 is 28.9 Å². The molecule has 7 heavy (non-hydrogen) atoms. The molecule has 6 nitrogen and oxygen atoms in total. The van der Waals surface area contributed by atoms with Crippen molar-refractivity contribution in [1.29, 1.82) is 5.59 Å². The standard InChI is InChI=1S/ClHO4.HNO/c2-1(3,4)5;1-2/h(H,2,3,4,5);1H. The van der Waals surface area contributed by atoms with Crippen molar-refractivity contribution in [2.75, 3.05) is 0 Å². The fourth-order valence-electron chi connectivity index (χ4n) is 0. The third-order valence-corrected chi connectivity index (χ3v) is 0. The molecular weight excluding hydrogens is 129 g/mol. The Balaban J connectivity index is 0. The summed E-state index contributed by atoms with van der Waals surface area (Å²) in [5.41, 5.74) is 4.50. The number of rotatable bonds is 0. The third-order valence-electron chi connectivity index (χ3n) is 0. The zero-order chi connectivity index (χ0) is 6.50. The maximum Gasteiger partial charge on any atom is 0.0777 e. The molecule has 0 aromatic carbocycles. The molecule has 2 N–H and O–H groups in total. The van der Waals surface area contributed by atoms with Gasteiger partial charge in [0.2, 0.25) is 0 Å². The van der Waals surface area contributed by atoms with Gasteiger partial charge in [-0.15, -0.1) is 0 Å². The van der Waals surface area contributed by atoms with Gasteiger partial charge in [-0.05, 0) is 0 Å². The summed E-state index contributed by atoms with van der Waals surface area (Å²) in [6.45, 7) is 0. The molecule has 0 unspecified atom stereocenters. The van der Waals surface area contributed by atoms with E-state index in [1.165, 1.54) is 0 Å². The van der Waals surface area contributed by atoms with Gasteiger partial charge in [0.25, 0.3) is 0 Å². The molecule has 44 valence electrons. The van der Waals surface area contributed by atoms with Crippen molar-refractivity contribution in [3.05, 3.63) is 4.91 Å². The van der Waals surface area contributed by atoms with Crippen LogP contribution in [0.5, 0.6) is 0 Å². The highest BCUT2D eigenvalue weighted by atomic mass is 35.7. The Hall–Kier alpha value is -0.270. The Morgan fingerprint density at radius 2 is 1.29 bits per heavy atom. The van der Waals surface area contributed by atoms with Gasteiger partial charge in [0.1, 0.15) is 0 Å². The topological polar surface area (TPSA) is 130 Å². The molecule has 0 atom stereocenters. The number of nitrogens with one attached hydrogen (secondary N) is 1. The van der Waals surface area contributed by atoms with Crippen LogP contribution in [0.15, 0.2) is 0 Å². The minimum Gasteiger partial charge on any atom is -0.183 e. The fraction of sp³-hybridized carbons (Fsp3) is 0. The molecule has 0 rings (SSSR count). The number of hydrogen-bond acceptors (Lipinski definition) is 6. The van der Waals surface area contributed by atoms with Gasteiger partial charge in [-0.3, -0.25) is 0 Å². The van der Waals surface area contributed by atoms with Gasteiger partial charge < -0.3 is 0 Å². The lowest BCUT2D eigenvalue weighted by Crippen LogP contribution is -2.58. The first-order valence-electron chi connectivity index (χ1n) is 0.836. The minimum absolute atomic E-state index is 4.50. The van der Waals surface area contributed by atoms with E-state index in [-0.39, 0.29) is 0 Å². The van der Waals surface area contributed by atoms with Gasteiger partial charge in [0.15, 0.2) is 0 Å². The van der Waals surface area contributed by atoms with Gasteiger partial charge >= 0.3 is 0 Å². The zero-order valence-corrected chi connectivity index (χ0v) is 3.71. The molecule has 0 spiro atoms. The van der Waals surface area contributed by atoms with Crippen LogP contribution in [0, 0.1) is 20.7 Å². The van der Waals surface area contributed by atoms with Crippen molar-refractivity contribution in [3.8, 4) is 0 Å². The first kappa shape index (κ1) is 9.88. The highest BCUT2D eigenvalue weighted by Gasteiger charge is 1.98. The van der Waals surface area contributed by atoms with Crippen molar-refractivity contribution in [2.45, 2.75) is 0 Å². The first-order valence-corrected chi connectivity index (χ1v) is 2.10. The van der Waals surface area contributed by atoms with E-state index in [2.05, 4.69) is 5.59 Å². The summed E-state index contributed by atoms with van der Waals surface area (Å²) in [4.78, 5) is 7.50. The average Bonchev–Trinajstić information content (AvgIpc) is 1.36. The Bertz CT molecular complexity index is 31.8. The van der Waals surface area contributed by atoms with E-state index in [1.54, 1.807) is 0 Å². The molecule has 0 heterocycles. The quantitative estimate of drug-likeness (QED) is 0.326. The smallest absolute Gasteiger partial charge is 0.0777 e. The second-order valence-corrected chi connectivity index (χ2v) is 1.19. The SMILES string of the molecule is N=O.[O-][Cl+3]([O-])([O-])O. The first-order chi connectivity index (χ1) is 3.00. The Morgan fingerprint density at radius 3 is 1.29 bits per heavy atom. The van der Waals surface area contributed by atoms with Crippen LogP contribution in [0.2, 0.25) is 0 Å². The maximum absolute atomic E-state index is 8.60. The molecule has 0 amide bonds. The average molecular weight is 131 g/mol. The van der Waals surface area contributed by atoms with E-state index in [9.17, 15) is 0 Å². The van der Waals surface area contributed by atoms with Crippen LogP contribution in [-0.2, 0) is 0 Å². The van der Waals surface area contributed by atoms with E-state index in [1.807, 2.05) is 0 Å². The van der Waals surface area contributed by atoms with Crippen LogP contribution in [0.1, 0.15) is 0 Å². The van der Waals surface area contributed by atoms with Gasteiger partial charge in [-0.25, -0.2) is 0 Å². The van der Waals surface area contributed by atoms with Gasteiger partial charge in [-0.1, -0.05) is 5.59 Å². The lowest BCUT2D eigenvalue weighted by atomic mass is 13.8. The van der Waals surface area contributed by atoms with Crippen LogP contribution in [0.3, 0.4) is 0 Å². The number of hydrogen-bond donors (Lipinski definition) is 2. The molecule has 0 fully saturated rings. The van der Waals surface area contributed by atoms with Gasteiger partial charge in [0, 0.05) is 0 Å². The minimum atomic E-state index is -4.69. The Labute approximate surface area is 40.5 Å².